The highest BCUT2D eigenvalue weighted by Crippen LogP contribution is 2.45. The molecular weight excluding hydrogens is 282 g/mol. The van der Waals surface area contributed by atoms with Crippen molar-refractivity contribution in [1.82, 2.24) is 4.90 Å². The summed E-state index contributed by atoms with van der Waals surface area (Å²) < 4.78 is 0. The molecule has 1 fully saturated rings. The number of nitrogens with zero attached hydrogens (tertiary/aromatic N) is 1. The second-order valence-electron chi connectivity index (χ2n) is 6.88. The van der Waals surface area contributed by atoms with Crippen LogP contribution < -0.4 is 0 Å². The summed E-state index contributed by atoms with van der Waals surface area (Å²) in [4.78, 5) is 14.4. The fourth-order valence-corrected chi connectivity index (χ4v) is 4.29. The van der Waals surface area contributed by atoms with Crippen LogP contribution in [0.1, 0.15) is 36.8 Å². The van der Waals surface area contributed by atoms with Gasteiger partial charge in [-0.3, -0.25) is 4.79 Å². The molecule has 1 heterocycles. The zero-order valence-electron chi connectivity index (χ0n) is 13.7. The molecule has 2 heteroatoms. The molecule has 0 bridgehead atoms. The van der Waals surface area contributed by atoms with Gasteiger partial charge in [-0.25, -0.2) is 0 Å². The van der Waals surface area contributed by atoms with Gasteiger partial charge in [0.2, 0.25) is 0 Å². The summed E-state index contributed by atoms with van der Waals surface area (Å²) in [5.74, 6) is 0.902. The van der Waals surface area contributed by atoms with Gasteiger partial charge in [-0.2, -0.15) is 0 Å². The van der Waals surface area contributed by atoms with Crippen LogP contribution in [0.2, 0.25) is 0 Å². The monoisotopic (exact) mass is 305 g/mol. The van der Waals surface area contributed by atoms with Gasteiger partial charge in [-0.1, -0.05) is 48.1 Å². The van der Waals surface area contributed by atoms with Gasteiger partial charge < -0.3 is 4.90 Å². The Bertz CT molecular complexity index is 725. The van der Waals surface area contributed by atoms with Crippen LogP contribution in [-0.4, -0.2) is 30.3 Å². The Hall–Kier alpha value is -1.93. The molecule has 3 aliphatic rings. The van der Waals surface area contributed by atoms with Crippen LogP contribution in [-0.2, 0) is 4.79 Å². The van der Waals surface area contributed by atoms with E-state index in [0.29, 0.717) is 5.92 Å². The molecule has 0 radical (unpaired) electrons. The van der Waals surface area contributed by atoms with Crippen molar-refractivity contribution >= 4 is 11.4 Å². The first kappa shape index (κ1) is 14.6. The van der Waals surface area contributed by atoms with Gasteiger partial charge in [0.25, 0.3) is 0 Å². The van der Waals surface area contributed by atoms with Crippen molar-refractivity contribution in [2.75, 3.05) is 19.6 Å². The molecule has 23 heavy (non-hydrogen) atoms. The van der Waals surface area contributed by atoms with Crippen molar-refractivity contribution < 1.29 is 4.79 Å². The van der Waals surface area contributed by atoms with Gasteiger partial charge in [0.15, 0.2) is 5.78 Å². The quantitative estimate of drug-likeness (QED) is 0.842. The minimum atomic E-state index is 0.0783. The summed E-state index contributed by atoms with van der Waals surface area (Å²) in [7, 11) is 0. The molecular formula is C21H23NO. The third-order valence-corrected chi connectivity index (χ3v) is 5.62. The highest BCUT2D eigenvalue weighted by molar-refractivity contribution is 5.94. The molecule has 2 aliphatic carbocycles. The lowest BCUT2D eigenvalue weighted by molar-refractivity contribution is -0.117. The average molecular weight is 305 g/mol. The number of fused-ring (bicyclic) bond motifs is 3. The summed E-state index contributed by atoms with van der Waals surface area (Å²) in [5.41, 5.74) is 6.09. The molecule has 0 N–H and O–H groups in total. The van der Waals surface area contributed by atoms with Crippen molar-refractivity contribution in [2.45, 2.75) is 25.7 Å². The van der Waals surface area contributed by atoms with E-state index in [-0.39, 0.29) is 11.7 Å². The number of allylic oxidation sites excluding steroid dienone is 5. The van der Waals surface area contributed by atoms with E-state index in [1.165, 1.54) is 23.1 Å². The normalized spacial score (nSPS) is 26.6. The lowest BCUT2D eigenvalue weighted by atomic mass is 9.89. The molecule has 2 atom stereocenters. The molecule has 1 aromatic rings. The molecule has 2 nitrogen and oxygen atoms in total. The lowest BCUT2D eigenvalue weighted by Gasteiger charge is -2.34. The number of carbonyl (C=O) groups is 1. The van der Waals surface area contributed by atoms with Crippen LogP contribution >= 0.6 is 0 Å². The maximum Gasteiger partial charge on any atom is 0.162 e. The Kier molecular flexibility index (Phi) is 3.78. The van der Waals surface area contributed by atoms with Crippen LogP contribution in [0.5, 0.6) is 0 Å². The predicted molar refractivity (Wildman–Crippen MR) is 94.2 cm³/mol. The minimum Gasteiger partial charge on any atom is -0.302 e. The van der Waals surface area contributed by atoms with Crippen LogP contribution in [0.4, 0.5) is 0 Å². The fraction of sp³-hybridized carbons (Fsp3) is 0.381. The first-order valence-corrected chi connectivity index (χ1v) is 8.64. The SMILES string of the molecule is CC1=C2CCN(CCC3C=CC=CC3=O)CC2c2ccccc21. The van der Waals surface area contributed by atoms with Gasteiger partial charge >= 0.3 is 0 Å². The third-order valence-electron chi connectivity index (χ3n) is 5.62. The first-order valence-electron chi connectivity index (χ1n) is 8.64. The Labute approximate surface area is 138 Å². The summed E-state index contributed by atoms with van der Waals surface area (Å²) in [6, 6.07) is 8.86. The Balaban J connectivity index is 1.44. The van der Waals surface area contributed by atoms with Gasteiger partial charge in [0.1, 0.15) is 0 Å². The molecule has 118 valence electrons. The summed E-state index contributed by atoms with van der Waals surface area (Å²) in [6.45, 7) is 5.52. The smallest absolute Gasteiger partial charge is 0.162 e. The van der Waals surface area contributed by atoms with Crippen LogP contribution in [0, 0.1) is 5.92 Å². The number of likely N-dealkylation sites (tertiary alicyclic amines) is 1. The maximum absolute atomic E-state index is 11.9. The minimum absolute atomic E-state index is 0.0783. The maximum atomic E-state index is 11.9. The van der Waals surface area contributed by atoms with E-state index in [9.17, 15) is 4.79 Å². The standard InChI is InChI=1S/C21H23NO/c1-15-17-7-3-4-8-19(17)20-14-22(13-11-18(15)20)12-10-16-6-2-5-9-21(16)23/h2-9,16,20H,10-14H2,1H3. The molecule has 1 aromatic carbocycles. The van der Waals surface area contributed by atoms with Crippen molar-refractivity contribution in [2.24, 2.45) is 5.92 Å². The van der Waals surface area contributed by atoms with Crippen molar-refractivity contribution in [3.05, 3.63) is 65.3 Å². The van der Waals surface area contributed by atoms with Gasteiger partial charge in [0, 0.05) is 24.9 Å². The summed E-state index contributed by atoms with van der Waals surface area (Å²) in [5, 5.41) is 0. The van der Waals surface area contributed by atoms with Crippen molar-refractivity contribution in [3.63, 3.8) is 0 Å². The van der Waals surface area contributed by atoms with Gasteiger partial charge in [0.05, 0.1) is 0 Å². The fourth-order valence-electron chi connectivity index (χ4n) is 4.29. The molecule has 1 aliphatic heterocycles. The number of hydrogen-bond acceptors (Lipinski definition) is 2. The molecule has 1 saturated heterocycles. The zero-order valence-corrected chi connectivity index (χ0v) is 13.7. The van der Waals surface area contributed by atoms with Crippen molar-refractivity contribution in [3.8, 4) is 0 Å². The van der Waals surface area contributed by atoms with Gasteiger partial charge in [-0.05, 0) is 49.1 Å². The predicted octanol–water partition coefficient (Wildman–Crippen LogP) is 3.96. The molecule has 0 saturated carbocycles. The highest BCUT2D eigenvalue weighted by atomic mass is 16.1. The second kappa shape index (κ2) is 5.93. The summed E-state index contributed by atoms with van der Waals surface area (Å²) >= 11 is 0. The van der Waals surface area contributed by atoms with Gasteiger partial charge in [-0.15, -0.1) is 0 Å². The Morgan fingerprint density at radius 3 is 2.96 bits per heavy atom. The molecule has 0 amide bonds. The van der Waals surface area contributed by atoms with E-state index in [1.807, 2.05) is 18.2 Å². The van der Waals surface area contributed by atoms with E-state index in [0.717, 1.165) is 26.1 Å². The summed E-state index contributed by atoms with van der Waals surface area (Å²) in [6.07, 6.45) is 9.70. The van der Waals surface area contributed by atoms with Crippen molar-refractivity contribution in [1.29, 1.82) is 0 Å². The number of rotatable bonds is 3. The number of carbonyl (C=O) groups excluding carboxylic acids is 1. The van der Waals surface area contributed by atoms with E-state index >= 15 is 0 Å². The van der Waals surface area contributed by atoms with E-state index in [1.54, 1.807) is 11.6 Å². The molecule has 4 rings (SSSR count). The molecule has 0 spiro atoms. The molecule has 2 unspecified atom stereocenters. The Morgan fingerprint density at radius 1 is 1.22 bits per heavy atom. The second-order valence-corrected chi connectivity index (χ2v) is 6.88. The third kappa shape index (κ3) is 2.61. The lowest BCUT2D eigenvalue weighted by Crippen LogP contribution is -2.36. The topological polar surface area (TPSA) is 20.3 Å². The number of ketones is 1. The Morgan fingerprint density at radius 2 is 2.09 bits per heavy atom. The van der Waals surface area contributed by atoms with Crippen LogP contribution in [0.15, 0.2) is 54.1 Å². The zero-order chi connectivity index (χ0) is 15.8. The van der Waals surface area contributed by atoms with Crippen LogP contribution in [0.25, 0.3) is 5.57 Å². The first-order chi connectivity index (χ1) is 11.2. The van der Waals surface area contributed by atoms with Crippen LogP contribution in [0.3, 0.4) is 0 Å². The van der Waals surface area contributed by atoms with E-state index in [4.69, 9.17) is 0 Å². The van der Waals surface area contributed by atoms with E-state index in [2.05, 4.69) is 36.1 Å². The number of benzene rings is 1. The number of piperidine rings is 1. The highest BCUT2D eigenvalue weighted by Gasteiger charge is 2.33. The number of hydrogen-bond donors (Lipinski definition) is 0. The largest absolute Gasteiger partial charge is 0.302 e. The molecule has 0 aromatic heterocycles. The average Bonchev–Trinajstić information content (AvgIpc) is 2.87. The van der Waals surface area contributed by atoms with E-state index < -0.39 is 0 Å².